The molecule has 2 aromatic rings. The van der Waals surface area contributed by atoms with Crippen LogP contribution in [0.15, 0.2) is 30.6 Å². The quantitative estimate of drug-likeness (QED) is 0.809. The summed E-state index contributed by atoms with van der Waals surface area (Å²) in [4.78, 5) is 6.41. The smallest absolute Gasteiger partial charge is 0.0630 e. The van der Waals surface area contributed by atoms with Gasteiger partial charge in [0.15, 0.2) is 0 Å². The highest BCUT2D eigenvalue weighted by Gasteiger charge is 2.05. The van der Waals surface area contributed by atoms with Crippen molar-refractivity contribution in [2.24, 2.45) is 0 Å². The van der Waals surface area contributed by atoms with Crippen LogP contribution in [0.5, 0.6) is 0 Å². The van der Waals surface area contributed by atoms with Crippen molar-refractivity contribution >= 4 is 22.1 Å². The van der Waals surface area contributed by atoms with Crippen LogP contribution in [-0.2, 0) is 0 Å². The minimum Gasteiger partial charge on any atom is -0.397 e. The zero-order chi connectivity index (χ0) is 13.8. The molecule has 0 amide bonds. The minimum absolute atomic E-state index is 0.557. The van der Waals surface area contributed by atoms with Crippen molar-refractivity contribution in [3.05, 3.63) is 30.6 Å². The van der Waals surface area contributed by atoms with E-state index in [1.807, 2.05) is 24.4 Å². The van der Waals surface area contributed by atoms with Gasteiger partial charge < -0.3 is 16.0 Å². The molecule has 0 bridgehead atoms. The van der Waals surface area contributed by atoms with Gasteiger partial charge in [-0.2, -0.15) is 0 Å². The standard InChI is InChI=1S/C15H22N4/c1-11(2)19(3)9-8-18-14-5-4-12-10-17-7-6-13(12)15(14)16/h4-7,10-11,18H,8-9,16H2,1-3H3. The summed E-state index contributed by atoms with van der Waals surface area (Å²) in [5.74, 6) is 0. The van der Waals surface area contributed by atoms with Gasteiger partial charge in [-0.1, -0.05) is 6.07 Å². The highest BCUT2D eigenvalue weighted by Crippen LogP contribution is 2.27. The van der Waals surface area contributed by atoms with Gasteiger partial charge in [-0.3, -0.25) is 4.98 Å². The van der Waals surface area contributed by atoms with Gasteiger partial charge in [0.05, 0.1) is 11.4 Å². The molecule has 0 spiro atoms. The molecule has 102 valence electrons. The zero-order valence-corrected chi connectivity index (χ0v) is 11.9. The van der Waals surface area contributed by atoms with E-state index in [1.54, 1.807) is 6.20 Å². The molecule has 1 heterocycles. The number of nitrogens with zero attached hydrogens (tertiary/aromatic N) is 2. The molecule has 0 aliphatic carbocycles. The van der Waals surface area contributed by atoms with Crippen molar-refractivity contribution in [3.8, 4) is 0 Å². The first-order valence-electron chi connectivity index (χ1n) is 6.66. The van der Waals surface area contributed by atoms with E-state index in [-0.39, 0.29) is 0 Å². The Morgan fingerprint density at radius 2 is 2.11 bits per heavy atom. The summed E-state index contributed by atoms with van der Waals surface area (Å²) in [6.45, 7) is 6.26. The number of fused-ring (bicyclic) bond motifs is 1. The highest BCUT2D eigenvalue weighted by molar-refractivity contribution is 5.98. The fourth-order valence-corrected chi connectivity index (χ4v) is 1.97. The Morgan fingerprint density at radius 3 is 2.84 bits per heavy atom. The van der Waals surface area contributed by atoms with E-state index in [4.69, 9.17) is 5.73 Å². The second kappa shape index (κ2) is 5.89. The number of benzene rings is 1. The number of aromatic nitrogens is 1. The number of pyridine rings is 1. The van der Waals surface area contributed by atoms with E-state index >= 15 is 0 Å². The van der Waals surface area contributed by atoms with Crippen molar-refractivity contribution in [2.45, 2.75) is 19.9 Å². The molecule has 0 aliphatic rings. The third-order valence-corrected chi connectivity index (χ3v) is 3.52. The Kier molecular flexibility index (Phi) is 4.22. The van der Waals surface area contributed by atoms with Crippen LogP contribution in [0.1, 0.15) is 13.8 Å². The van der Waals surface area contributed by atoms with Gasteiger partial charge in [0.2, 0.25) is 0 Å². The van der Waals surface area contributed by atoms with Gasteiger partial charge in [0.25, 0.3) is 0 Å². The van der Waals surface area contributed by atoms with Crippen molar-refractivity contribution in [1.82, 2.24) is 9.88 Å². The van der Waals surface area contributed by atoms with Gasteiger partial charge >= 0.3 is 0 Å². The second-order valence-electron chi connectivity index (χ2n) is 5.12. The van der Waals surface area contributed by atoms with Crippen molar-refractivity contribution in [2.75, 3.05) is 31.2 Å². The van der Waals surface area contributed by atoms with E-state index in [2.05, 4.69) is 36.1 Å². The lowest BCUT2D eigenvalue weighted by atomic mass is 10.1. The van der Waals surface area contributed by atoms with Crippen LogP contribution in [0.25, 0.3) is 10.8 Å². The normalized spacial score (nSPS) is 11.4. The molecule has 4 nitrogen and oxygen atoms in total. The molecule has 0 fully saturated rings. The lowest BCUT2D eigenvalue weighted by Gasteiger charge is -2.21. The van der Waals surface area contributed by atoms with Crippen LogP contribution in [0.3, 0.4) is 0 Å². The largest absolute Gasteiger partial charge is 0.397 e. The van der Waals surface area contributed by atoms with Crippen molar-refractivity contribution < 1.29 is 0 Å². The highest BCUT2D eigenvalue weighted by atomic mass is 15.1. The molecule has 0 saturated heterocycles. The maximum absolute atomic E-state index is 6.19. The number of nitrogens with two attached hydrogens (primary N) is 1. The minimum atomic E-state index is 0.557. The van der Waals surface area contributed by atoms with Gasteiger partial charge in [-0.15, -0.1) is 0 Å². The van der Waals surface area contributed by atoms with E-state index < -0.39 is 0 Å². The van der Waals surface area contributed by atoms with Crippen LogP contribution in [0, 0.1) is 0 Å². The lowest BCUT2D eigenvalue weighted by Crippen LogP contribution is -2.31. The summed E-state index contributed by atoms with van der Waals surface area (Å²) in [5.41, 5.74) is 7.99. The fraction of sp³-hybridized carbons (Fsp3) is 0.400. The van der Waals surface area contributed by atoms with Crippen LogP contribution in [0.2, 0.25) is 0 Å². The molecule has 0 unspecified atom stereocenters. The lowest BCUT2D eigenvalue weighted by molar-refractivity contribution is 0.284. The molecule has 2 rings (SSSR count). The third kappa shape index (κ3) is 3.15. The first-order chi connectivity index (χ1) is 9.09. The number of hydrogen-bond donors (Lipinski definition) is 2. The second-order valence-corrected chi connectivity index (χ2v) is 5.12. The van der Waals surface area contributed by atoms with Crippen LogP contribution < -0.4 is 11.1 Å². The SMILES string of the molecule is CC(C)N(C)CCNc1ccc2cnccc2c1N. The maximum atomic E-state index is 6.19. The Morgan fingerprint density at radius 1 is 1.32 bits per heavy atom. The van der Waals surface area contributed by atoms with Gasteiger partial charge in [-0.05, 0) is 33.0 Å². The Labute approximate surface area is 114 Å². The molecule has 1 aromatic carbocycles. The summed E-state index contributed by atoms with van der Waals surface area (Å²) in [5, 5.41) is 5.53. The molecule has 3 N–H and O–H groups in total. The number of likely N-dealkylation sites (N-methyl/N-ethyl adjacent to an activating group) is 1. The fourth-order valence-electron chi connectivity index (χ4n) is 1.97. The van der Waals surface area contributed by atoms with Gasteiger partial charge in [0, 0.05) is 42.3 Å². The molecule has 0 atom stereocenters. The van der Waals surface area contributed by atoms with E-state index in [0.717, 1.165) is 35.2 Å². The Hall–Kier alpha value is -1.81. The maximum Gasteiger partial charge on any atom is 0.0630 e. The molecule has 0 aliphatic heterocycles. The number of nitrogens with one attached hydrogen (secondary N) is 1. The first-order valence-corrected chi connectivity index (χ1v) is 6.66. The van der Waals surface area contributed by atoms with E-state index in [9.17, 15) is 0 Å². The average Bonchev–Trinajstić information content (AvgIpc) is 2.41. The Balaban J connectivity index is 2.07. The van der Waals surface area contributed by atoms with Crippen LogP contribution in [-0.4, -0.2) is 36.1 Å². The number of nitrogen functional groups attached to an aromatic ring is 1. The van der Waals surface area contributed by atoms with Crippen molar-refractivity contribution in [1.29, 1.82) is 0 Å². The van der Waals surface area contributed by atoms with Crippen LogP contribution >= 0.6 is 0 Å². The van der Waals surface area contributed by atoms with Gasteiger partial charge in [-0.25, -0.2) is 0 Å². The first kappa shape index (κ1) is 13.6. The molecule has 1 aromatic heterocycles. The summed E-state index contributed by atoms with van der Waals surface area (Å²) in [6, 6.07) is 6.58. The predicted molar refractivity (Wildman–Crippen MR) is 82.4 cm³/mol. The molecule has 4 heteroatoms. The molecule has 19 heavy (non-hydrogen) atoms. The summed E-state index contributed by atoms with van der Waals surface area (Å²) in [7, 11) is 2.13. The number of hydrogen-bond acceptors (Lipinski definition) is 4. The number of rotatable bonds is 5. The summed E-state index contributed by atoms with van der Waals surface area (Å²) >= 11 is 0. The average molecular weight is 258 g/mol. The summed E-state index contributed by atoms with van der Waals surface area (Å²) < 4.78 is 0. The third-order valence-electron chi connectivity index (χ3n) is 3.52. The Bertz CT molecular complexity index is 551. The predicted octanol–water partition coefficient (Wildman–Crippen LogP) is 2.57. The molecule has 0 saturated carbocycles. The number of anilines is 2. The zero-order valence-electron chi connectivity index (χ0n) is 11.9. The monoisotopic (exact) mass is 258 g/mol. The topological polar surface area (TPSA) is 54.2 Å². The van der Waals surface area contributed by atoms with Gasteiger partial charge in [0.1, 0.15) is 0 Å². The molecular formula is C15H22N4. The van der Waals surface area contributed by atoms with E-state index in [1.165, 1.54) is 0 Å². The van der Waals surface area contributed by atoms with E-state index in [0.29, 0.717) is 6.04 Å². The molecular weight excluding hydrogens is 236 g/mol. The summed E-state index contributed by atoms with van der Waals surface area (Å²) in [6.07, 6.45) is 3.61. The molecule has 0 radical (unpaired) electrons. The van der Waals surface area contributed by atoms with Crippen molar-refractivity contribution in [3.63, 3.8) is 0 Å². The van der Waals surface area contributed by atoms with Crippen LogP contribution in [0.4, 0.5) is 11.4 Å².